The van der Waals surface area contributed by atoms with Crippen molar-refractivity contribution in [1.29, 1.82) is 0 Å². The lowest BCUT2D eigenvalue weighted by Crippen LogP contribution is -2.47. The van der Waals surface area contributed by atoms with Crippen molar-refractivity contribution in [3.05, 3.63) is 41.7 Å². The number of aromatic amines is 1. The number of hydrogen-bond acceptors (Lipinski definition) is 6. The summed E-state index contributed by atoms with van der Waals surface area (Å²) in [4.78, 5) is 12.9. The molecule has 26 heavy (non-hydrogen) atoms. The third kappa shape index (κ3) is 4.44. The predicted octanol–water partition coefficient (Wildman–Crippen LogP) is 1.00. The van der Waals surface area contributed by atoms with Gasteiger partial charge >= 0.3 is 0 Å². The number of hydrogen-bond donors (Lipinski definition) is 3. The van der Waals surface area contributed by atoms with Crippen LogP contribution in [-0.2, 0) is 16.0 Å². The first-order valence-electron chi connectivity index (χ1n) is 9.03. The van der Waals surface area contributed by atoms with Gasteiger partial charge in [-0.15, -0.1) is 10.2 Å². The summed E-state index contributed by atoms with van der Waals surface area (Å²) < 4.78 is 5.63. The summed E-state index contributed by atoms with van der Waals surface area (Å²) in [6.07, 6.45) is 2.56. The summed E-state index contributed by atoms with van der Waals surface area (Å²) in [7, 11) is 1.66. The molecule has 2 heterocycles. The number of benzene rings is 1. The maximum atomic E-state index is 12.9. The SMILES string of the molecule is CO[C@@H]([C@@H]1CCCN1)[C@@H](C)C(=O)N[C@@H](Cc1ccccc1)c1nn[nH]n1. The summed E-state index contributed by atoms with van der Waals surface area (Å²) in [5.74, 6) is 0.111. The Morgan fingerprint density at radius 3 is 2.81 bits per heavy atom. The number of amides is 1. The molecule has 3 rings (SSSR count). The van der Waals surface area contributed by atoms with E-state index in [-0.39, 0.29) is 30.0 Å². The van der Waals surface area contributed by atoms with Gasteiger partial charge in [-0.1, -0.05) is 42.5 Å². The second kappa shape index (κ2) is 8.86. The van der Waals surface area contributed by atoms with Crippen LogP contribution >= 0.6 is 0 Å². The molecule has 1 fully saturated rings. The van der Waals surface area contributed by atoms with Crippen molar-refractivity contribution in [2.75, 3.05) is 13.7 Å². The molecule has 1 aromatic carbocycles. The highest BCUT2D eigenvalue weighted by Crippen LogP contribution is 2.21. The summed E-state index contributed by atoms with van der Waals surface area (Å²) in [6, 6.07) is 9.80. The molecule has 0 bridgehead atoms. The monoisotopic (exact) mass is 358 g/mol. The van der Waals surface area contributed by atoms with Crippen molar-refractivity contribution in [3.8, 4) is 0 Å². The third-order valence-electron chi connectivity index (χ3n) is 4.95. The molecule has 3 N–H and O–H groups in total. The molecule has 0 radical (unpaired) electrons. The first kappa shape index (κ1) is 18.5. The first-order valence-corrected chi connectivity index (χ1v) is 9.03. The van der Waals surface area contributed by atoms with Crippen LogP contribution in [0.3, 0.4) is 0 Å². The summed E-state index contributed by atoms with van der Waals surface area (Å²) in [5.41, 5.74) is 1.09. The standard InChI is InChI=1S/C18H26N6O2/c1-12(16(26-2)14-9-6-10-19-14)18(25)20-15(17-21-23-24-22-17)11-13-7-4-3-5-8-13/h3-5,7-8,12,14-16,19H,6,9-11H2,1-2H3,(H,20,25)(H,21,22,23,24)/t12-,14+,15+,16-/m1/s1. The summed E-state index contributed by atoms with van der Waals surface area (Å²) >= 11 is 0. The number of H-pyrrole nitrogens is 1. The summed E-state index contributed by atoms with van der Waals surface area (Å²) in [6.45, 7) is 2.87. The van der Waals surface area contributed by atoms with Crippen molar-refractivity contribution in [2.45, 2.75) is 44.4 Å². The largest absolute Gasteiger partial charge is 0.379 e. The Kier molecular flexibility index (Phi) is 6.30. The zero-order chi connectivity index (χ0) is 18.4. The number of ether oxygens (including phenoxy) is 1. The quantitative estimate of drug-likeness (QED) is 0.650. The molecule has 1 aromatic heterocycles. The number of carbonyl (C=O) groups excluding carboxylic acids is 1. The van der Waals surface area contributed by atoms with Gasteiger partial charge in [-0.2, -0.15) is 5.21 Å². The topological polar surface area (TPSA) is 105 Å². The van der Waals surface area contributed by atoms with Crippen molar-refractivity contribution in [3.63, 3.8) is 0 Å². The van der Waals surface area contributed by atoms with Crippen LogP contribution in [0.2, 0.25) is 0 Å². The van der Waals surface area contributed by atoms with Gasteiger partial charge in [-0.05, 0) is 24.9 Å². The number of rotatable bonds is 8. The van der Waals surface area contributed by atoms with Crippen molar-refractivity contribution in [2.24, 2.45) is 5.92 Å². The zero-order valence-corrected chi connectivity index (χ0v) is 15.2. The Hall–Kier alpha value is -2.32. The summed E-state index contributed by atoms with van der Waals surface area (Å²) in [5, 5.41) is 20.7. The van der Waals surface area contributed by atoms with Gasteiger partial charge < -0.3 is 15.4 Å². The van der Waals surface area contributed by atoms with Crippen LogP contribution in [0.4, 0.5) is 0 Å². The van der Waals surface area contributed by atoms with Crippen LogP contribution in [0.15, 0.2) is 30.3 Å². The third-order valence-corrected chi connectivity index (χ3v) is 4.95. The van der Waals surface area contributed by atoms with E-state index in [9.17, 15) is 4.79 Å². The average molecular weight is 358 g/mol. The second-order valence-corrected chi connectivity index (χ2v) is 6.71. The van der Waals surface area contributed by atoms with Crippen molar-refractivity contribution >= 4 is 5.91 Å². The highest BCUT2D eigenvalue weighted by atomic mass is 16.5. The average Bonchev–Trinajstić information content (AvgIpc) is 3.37. The van der Waals surface area contributed by atoms with E-state index in [4.69, 9.17) is 4.74 Å². The Balaban J connectivity index is 1.70. The Morgan fingerprint density at radius 2 is 2.19 bits per heavy atom. The van der Waals surface area contributed by atoms with E-state index >= 15 is 0 Å². The van der Waals surface area contributed by atoms with Crippen LogP contribution in [0, 0.1) is 5.92 Å². The van der Waals surface area contributed by atoms with Crippen molar-refractivity contribution < 1.29 is 9.53 Å². The highest BCUT2D eigenvalue weighted by molar-refractivity contribution is 5.79. The lowest BCUT2D eigenvalue weighted by Gasteiger charge is -2.28. The van der Waals surface area contributed by atoms with Gasteiger partial charge in [0.2, 0.25) is 5.91 Å². The van der Waals surface area contributed by atoms with E-state index in [2.05, 4.69) is 31.3 Å². The molecule has 0 saturated carbocycles. The molecule has 0 aliphatic carbocycles. The van der Waals surface area contributed by atoms with Gasteiger partial charge in [-0.3, -0.25) is 4.79 Å². The second-order valence-electron chi connectivity index (χ2n) is 6.71. The molecule has 2 aromatic rings. The molecule has 0 spiro atoms. The van der Waals surface area contributed by atoms with Crippen LogP contribution in [0.1, 0.15) is 37.2 Å². The molecule has 1 aliphatic rings. The lowest BCUT2D eigenvalue weighted by atomic mass is 9.95. The fraction of sp³-hybridized carbons (Fsp3) is 0.556. The maximum absolute atomic E-state index is 12.9. The minimum absolute atomic E-state index is 0.0729. The van der Waals surface area contributed by atoms with Gasteiger partial charge in [0.05, 0.1) is 18.1 Å². The van der Waals surface area contributed by atoms with Crippen LogP contribution in [-0.4, -0.2) is 52.3 Å². The number of carbonyl (C=O) groups is 1. The molecule has 8 nitrogen and oxygen atoms in total. The van der Waals surface area contributed by atoms with Crippen molar-refractivity contribution in [1.82, 2.24) is 31.3 Å². The lowest BCUT2D eigenvalue weighted by molar-refractivity contribution is -0.130. The van der Waals surface area contributed by atoms with Gasteiger partial charge in [-0.25, -0.2) is 0 Å². The number of tetrazole rings is 1. The fourth-order valence-corrected chi connectivity index (χ4v) is 3.53. The number of nitrogens with zero attached hydrogens (tertiary/aromatic N) is 3. The van der Waals surface area contributed by atoms with Gasteiger partial charge in [0.15, 0.2) is 5.82 Å². The van der Waals surface area contributed by atoms with Crippen LogP contribution in [0.5, 0.6) is 0 Å². The zero-order valence-electron chi connectivity index (χ0n) is 15.2. The Morgan fingerprint density at radius 1 is 1.38 bits per heavy atom. The molecule has 1 aliphatic heterocycles. The number of methoxy groups -OCH3 is 1. The molecule has 0 unspecified atom stereocenters. The van der Waals surface area contributed by atoms with Gasteiger partial charge in [0, 0.05) is 19.6 Å². The minimum atomic E-state index is -0.347. The normalized spacial score (nSPS) is 20.5. The van der Waals surface area contributed by atoms with Gasteiger partial charge in [0.1, 0.15) is 0 Å². The van der Waals surface area contributed by atoms with E-state index in [0.29, 0.717) is 12.2 Å². The van der Waals surface area contributed by atoms with E-state index in [1.54, 1.807) is 7.11 Å². The Bertz CT molecular complexity index is 672. The molecule has 1 amide bonds. The minimum Gasteiger partial charge on any atom is -0.379 e. The van der Waals surface area contributed by atoms with Crippen LogP contribution in [0.25, 0.3) is 0 Å². The molecule has 4 atom stereocenters. The molecular weight excluding hydrogens is 332 g/mol. The molecule has 1 saturated heterocycles. The maximum Gasteiger partial charge on any atom is 0.226 e. The Labute approximate surface area is 153 Å². The molecule has 140 valence electrons. The van der Waals surface area contributed by atoms with E-state index in [0.717, 1.165) is 24.9 Å². The fourth-order valence-electron chi connectivity index (χ4n) is 3.53. The first-order chi connectivity index (χ1) is 12.7. The highest BCUT2D eigenvalue weighted by Gasteiger charge is 2.34. The number of nitrogens with one attached hydrogen (secondary N) is 3. The van der Waals surface area contributed by atoms with E-state index in [1.165, 1.54) is 0 Å². The van der Waals surface area contributed by atoms with E-state index in [1.807, 2.05) is 37.3 Å². The molecular formula is C18H26N6O2. The van der Waals surface area contributed by atoms with Gasteiger partial charge in [0.25, 0.3) is 0 Å². The molecule has 8 heteroatoms. The smallest absolute Gasteiger partial charge is 0.226 e. The number of aromatic nitrogens is 4. The predicted molar refractivity (Wildman–Crippen MR) is 96.2 cm³/mol. The van der Waals surface area contributed by atoms with Crippen LogP contribution < -0.4 is 10.6 Å². The van der Waals surface area contributed by atoms with E-state index < -0.39 is 0 Å².